The Kier molecular flexibility index (Phi) is 11.2. The number of thiazole rings is 1. The van der Waals surface area contributed by atoms with E-state index in [-0.39, 0.29) is 42.9 Å². The van der Waals surface area contributed by atoms with Crippen molar-refractivity contribution in [1.82, 2.24) is 9.88 Å². The Labute approximate surface area is 173 Å². The zero-order valence-corrected chi connectivity index (χ0v) is 18.4. The van der Waals surface area contributed by atoms with Crippen molar-refractivity contribution in [2.24, 2.45) is 11.1 Å². The van der Waals surface area contributed by atoms with Crippen LogP contribution in [0.3, 0.4) is 0 Å². The molecule has 0 aromatic carbocycles. The van der Waals surface area contributed by atoms with Gasteiger partial charge in [-0.15, -0.1) is 36.2 Å². The Bertz CT molecular complexity index is 536. The number of ether oxygens (including phenoxy) is 1. The highest BCUT2D eigenvalue weighted by Crippen LogP contribution is 2.28. The van der Waals surface area contributed by atoms with Crippen LogP contribution in [-0.2, 0) is 16.1 Å². The Morgan fingerprint density at radius 2 is 1.92 bits per heavy atom. The van der Waals surface area contributed by atoms with Crippen LogP contribution in [0.5, 0.6) is 0 Å². The van der Waals surface area contributed by atoms with Gasteiger partial charge in [0.05, 0.1) is 23.3 Å². The second-order valence-corrected chi connectivity index (χ2v) is 7.60. The molecule has 3 N–H and O–H groups in total. The molecule has 6 nitrogen and oxygen atoms in total. The van der Waals surface area contributed by atoms with Gasteiger partial charge in [0.15, 0.2) is 5.13 Å². The summed E-state index contributed by atoms with van der Waals surface area (Å²) in [5.74, 6) is -0.0236. The summed E-state index contributed by atoms with van der Waals surface area (Å²) in [7, 11) is 0. The predicted octanol–water partition coefficient (Wildman–Crippen LogP) is 3.30. The van der Waals surface area contributed by atoms with Crippen molar-refractivity contribution in [3.63, 3.8) is 0 Å². The number of hydrogen-bond donors (Lipinski definition) is 2. The van der Waals surface area contributed by atoms with E-state index >= 15 is 0 Å². The molecule has 2 unspecified atom stereocenters. The molecule has 0 saturated carbocycles. The number of hydrogen-bond acceptors (Lipinski definition) is 6. The van der Waals surface area contributed by atoms with Gasteiger partial charge in [-0.2, -0.15) is 0 Å². The Morgan fingerprint density at radius 3 is 2.42 bits per heavy atom. The van der Waals surface area contributed by atoms with E-state index < -0.39 is 5.41 Å². The largest absolute Gasteiger partial charge is 0.373 e. The summed E-state index contributed by atoms with van der Waals surface area (Å²) >= 11 is 1.47. The highest BCUT2D eigenvalue weighted by molar-refractivity contribution is 7.13. The number of anilines is 1. The minimum absolute atomic E-state index is 0. The smallest absolute Gasteiger partial charge is 0.233 e. The van der Waals surface area contributed by atoms with Crippen molar-refractivity contribution in [2.45, 2.75) is 59.3 Å². The van der Waals surface area contributed by atoms with Crippen LogP contribution in [0.1, 0.15) is 46.2 Å². The molecule has 2 rings (SSSR count). The van der Waals surface area contributed by atoms with E-state index in [4.69, 9.17) is 10.5 Å². The molecule has 0 aliphatic carbocycles. The fourth-order valence-electron chi connectivity index (χ4n) is 3.26. The van der Waals surface area contributed by atoms with E-state index in [1.54, 1.807) is 0 Å². The molecule has 1 aromatic heterocycles. The zero-order chi connectivity index (χ0) is 17.7. The summed E-state index contributed by atoms with van der Waals surface area (Å²) in [6.07, 6.45) is 1.94. The molecule has 1 saturated heterocycles. The van der Waals surface area contributed by atoms with Gasteiger partial charge in [0.25, 0.3) is 0 Å². The van der Waals surface area contributed by atoms with E-state index in [9.17, 15) is 4.79 Å². The molecule has 0 radical (unpaired) electrons. The maximum absolute atomic E-state index is 12.6. The summed E-state index contributed by atoms with van der Waals surface area (Å²) in [5, 5.41) is 5.63. The van der Waals surface area contributed by atoms with Crippen LogP contribution in [0.4, 0.5) is 5.13 Å². The highest BCUT2D eigenvalue weighted by Gasteiger charge is 2.33. The molecule has 1 aliphatic rings. The van der Waals surface area contributed by atoms with Gasteiger partial charge in [0, 0.05) is 31.6 Å². The van der Waals surface area contributed by atoms with Crippen molar-refractivity contribution in [3.05, 3.63) is 11.1 Å². The molecule has 1 fully saturated rings. The summed E-state index contributed by atoms with van der Waals surface area (Å²) in [4.78, 5) is 19.5. The molecule has 152 valence electrons. The standard InChI is InChI=1S/C17H30N4O2S.2ClH/c1-5-17(6-2,11-18)15(22)20-16-19-14(10-24-16)9-21-7-12(3)23-13(4)8-21;;/h10,12-13H,5-9,11,18H2,1-4H3,(H,19,20,22);2*1H. The lowest BCUT2D eigenvalue weighted by Gasteiger charge is -2.34. The van der Waals surface area contributed by atoms with Crippen LogP contribution in [0.2, 0.25) is 0 Å². The number of halogens is 2. The van der Waals surface area contributed by atoms with Gasteiger partial charge in [-0.1, -0.05) is 13.8 Å². The quantitative estimate of drug-likeness (QED) is 0.698. The topological polar surface area (TPSA) is 80.5 Å². The molecule has 0 bridgehead atoms. The summed E-state index contributed by atoms with van der Waals surface area (Å²) < 4.78 is 5.76. The van der Waals surface area contributed by atoms with Crippen LogP contribution >= 0.6 is 36.2 Å². The van der Waals surface area contributed by atoms with Crippen LogP contribution in [-0.4, -0.2) is 47.6 Å². The number of amides is 1. The van der Waals surface area contributed by atoms with E-state index in [1.807, 2.05) is 19.2 Å². The second-order valence-electron chi connectivity index (χ2n) is 6.74. The summed E-state index contributed by atoms with van der Waals surface area (Å²) in [6, 6.07) is 0. The summed E-state index contributed by atoms with van der Waals surface area (Å²) in [6.45, 7) is 11.2. The van der Waals surface area contributed by atoms with Crippen molar-refractivity contribution >= 4 is 47.2 Å². The molecule has 2 heterocycles. The normalized spacial score (nSPS) is 20.8. The van der Waals surface area contributed by atoms with E-state index in [1.165, 1.54) is 11.3 Å². The predicted molar refractivity (Wildman–Crippen MR) is 113 cm³/mol. The number of rotatable bonds is 7. The Morgan fingerprint density at radius 1 is 1.35 bits per heavy atom. The Hall–Kier alpha value is -0.440. The third kappa shape index (κ3) is 6.32. The van der Waals surface area contributed by atoms with Gasteiger partial charge in [-0.3, -0.25) is 9.69 Å². The van der Waals surface area contributed by atoms with Gasteiger partial charge >= 0.3 is 0 Å². The lowest BCUT2D eigenvalue weighted by atomic mass is 9.81. The second kappa shape index (κ2) is 11.4. The first kappa shape index (κ1) is 25.6. The first-order chi connectivity index (χ1) is 11.4. The van der Waals surface area contributed by atoms with Crippen molar-refractivity contribution in [2.75, 3.05) is 25.0 Å². The molecule has 2 atom stereocenters. The molecule has 1 amide bonds. The third-order valence-electron chi connectivity index (χ3n) is 4.88. The third-order valence-corrected chi connectivity index (χ3v) is 5.69. The molecule has 1 aromatic rings. The number of nitrogens with two attached hydrogens (primary N) is 1. The minimum Gasteiger partial charge on any atom is -0.373 e. The average Bonchev–Trinajstić information content (AvgIpc) is 2.95. The highest BCUT2D eigenvalue weighted by atomic mass is 35.5. The van der Waals surface area contributed by atoms with Crippen LogP contribution in [0, 0.1) is 5.41 Å². The number of nitrogens with one attached hydrogen (secondary N) is 1. The van der Waals surface area contributed by atoms with Gasteiger partial charge in [-0.25, -0.2) is 4.98 Å². The molecular formula is C17H32Cl2N4O2S. The van der Waals surface area contributed by atoms with Crippen LogP contribution in [0.15, 0.2) is 5.38 Å². The molecule has 9 heteroatoms. The fourth-order valence-corrected chi connectivity index (χ4v) is 3.96. The summed E-state index contributed by atoms with van der Waals surface area (Å²) in [5.41, 5.74) is 6.33. The van der Waals surface area contributed by atoms with Crippen molar-refractivity contribution in [1.29, 1.82) is 0 Å². The Balaban J connectivity index is 0.00000312. The van der Waals surface area contributed by atoms with Crippen molar-refractivity contribution in [3.8, 4) is 0 Å². The fraction of sp³-hybridized carbons (Fsp3) is 0.765. The number of aromatic nitrogens is 1. The van der Waals surface area contributed by atoms with Gasteiger partial charge in [-0.05, 0) is 26.7 Å². The molecule has 26 heavy (non-hydrogen) atoms. The molecule has 0 spiro atoms. The number of morpholine rings is 1. The first-order valence-corrected chi connectivity index (χ1v) is 9.64. The number of carbonyl (C=O) groups excluding carboxylic acids is 1. The van der Waals surface area contributed by atoms with Crippen molar-refractivity contribution < 1.29 is 9.53 Å². The van der Waals surface area contributed by atoms with E-state index in [0.29, 0.717) is 11.7 Å². The monoisotopic (exact) mass is 426 g/mol. The maximum Gasteiger partial charge on any atom is 0.233 e. The molecule has 1 aliphatic heterocycles. The minimum atomic E-state index is -0.499. The number of carbonyl (C=O) groups is 1. The first-order valence-electron chi connectivity index (χ1n) is 8.76. The lowest BCUT2D eigenvalue weighted by Crippen LogP contribution is -2.44. The number of nitrogens with zero attached hydrogens (tertiary/aromatic N) is 2. The lowest BCUT2D eigenvalue weighted by molar-refractivity contribution is -0.125. The van der Waals surface area contributed by atoms with Crippen LogP contribution in [0.25, 0.3) is 0 Å². The average molecular weight is 427 g/mol. The van der Waals surface area contributed by atoms with Gasteiger partial charge < -0.3 is 15.8 Å². The molecular weight excluding hydrogens is 395 g/mol. The zero-order valence-electron chi connectivity index (χ0n) is 16.0. The van der Waals surface area contributed by atoms with E-state index in [2.05, 4.69) is 29.0 Å². The SMILES string of the molecule is CCC(CC)(CN)C(=O)Nc1nc(CN2CC(C)OC(C)C2)cs1.Cl.Cl. The van der Waals surface area contributed by atoms with Gasteiger partial charge in [0.2, 0.25) is 5.91 Å². The van der Waals surface area contributed by atoms with E-state index in [0.717, 1.165) is 38.2 Å². The van der Waals surface area contributed by atoms with Crippen LogP contribution < -0.4 is 11.1 Å². The maximum atomic E-state index is 12.6. The van der Waals surface area contributed by atoms with Gasteiger partial charge in [0.1, 0.15) is 0 Å².